The standard InChI is InChI=1S/C12H18ClN3O/c1-9-3-4-16(8-11(9)17-2)7-10-5-15-12(13)6-14-10/h5-6,9,11H,3-4,7-8H2,1-2H3. The Hall–Kier alpha value is -0.710. The maximum atomic E-state index is 5.71. The van der Waals surface area contributed by atoms with E-state index >= 15 is 0 Å². The Morgan fingerprint density at radius 2 is 2.29 bits per heavy atom. The summed E-state index contributed by atoms with van der Waals surface area (Å²) in [7, 11) is 1.78. The number of halogens is 1. The van der Waals surface area contributed by atoms with Gasteiger partial charge in [-0.2, -0.15) is 0 Å². The van der Waals surface area contributed by atoms with E-state index in [1.807, 2.05) is 0 Å². The smallest absolute Gasteiger partial charge is 0.147 e. The molecule has 0 N–H and O–H groups in total. The first-order valence-corrected chi connectivity index (χ1v) is 6.28. The van der Waals surface area contributed by atoms with Crippen molar-refractivity contribution in [2.24, 2.45) is 5.92 Å². The lowest BCUT2D eigenvalue weighted by Crippen LogP contribution is -2.43. The minimum atomic E-state index is 0.323. The molecule has 1 aromatic heterocycles. The van der Waals surface area contributed by atoms with Crippen LogP contribution in [0.1, 0.15) is 19.0 Å². The molecule has 2 rings (SSSR count). The highest BCUT2D eigenvalue weighted by atomic mass is 35.5. The molecule has 0 bridgehead atoms. The molecule has 2 atom stereocenters. The number of likely N-dealkylation sites (tertiary alicyclic amines) is 1. The molecule has 0 spiro atoms. The molecule has 1 saturated heterocycles. The van der Waals surface area contributed by atoms with Crippen LogP contribution in [0, 0.1) is 5.92 Å². The summed E-state index contributed by atoms with van der Waals surface area (Å²) in [6, 6.07) is 0. The summed E-state index contributed by atoms with van der Waals surface area (Å²) in [5.74, 6) is 0.632. The SMILES string of the molecule is COC1CN(Cc2cnc(Cl)cn2)CCC1C. The fourth-order valence-electron chi connectivity index (χ4n) is 2.20. The molecule has 94 valence electrons. The van der Waals surface area contributed by atoms with Gasteiger partial charge in [-0.15, -0.1) is 0 Å². The third-order valence-electron chi connectivity index (χ3n) is 3.34. The minimum Gasteiger partial charge on any atom is -0.380 e. The molecular weight excluding hydrogens is 238 g/mol. The Bertz CT molecular complexity index is 357. The Morgan fingerprint density at radius 1 is 1.47 bits per heavy atom. The molecule has 17 heavy (non-hydrogen) atoms. The van der Waals surface area contributed by atoms with Gasteiger partial charge in [0, 0.05) is 20.2 Å². The van der Waals surface area contributed by atoms with Crippen LogP contribution in [0.4, 0.5) is 0 Å². The topological polar surface area (TPSA) is 38.2 Å². The second-order valence-electron chi connectivity index (χ2n) is 4.61. The predicted molar refractivity (Wildman–Crippen MR) is 66.9 cm³/mol. The highest BCUT2D eigenvalue weighted by Crippen LogP contribution is 2.20. The van der Waals surface area contributed by atoms with E-state index in [4.69, 9.17) is 16.3 Å². The van der Waals surface area contributed by atoms with Crippen LogP contribution in [0.15, 0.2) is 12.4 Å². The van der Waals surface area contributed by atoms with E-state index in [2.05, 4.69) is 21.8 Å². The maximum absolute atomic E-state index is 5.71. The van der Waals surface area contributed by atoms with Crippen molar-refractivity contribution >= 4 is 11.6 Å². The summed E-state index contributed by atoms with van der Waals surface area (Å²) in [4.78, 5) is 10.7. The van der Waals surface area contributed by atoms with Crippen molar-refractivity contribution in [3.05, 3.63) is 23.2 Å². The van der Waals surface area contributed by atoms with Crippen LogP contribution in [0.2, 0.25) is 5.15 Å². The molecule has 5 heteroatoms. The molecule has 0 amide bonds. The predicted octanol–water partition coefficient (Wildman–Crippen LogP) is 1.99. The highest BCUT2D eigenvalue weighted by Gasteiger charge is 2.25. The number of aromatic nitrogens is 2. The van der Waals surface area contributed by atoms with Gasteiger partial charge in [0.2, 0.25) is 0 Å². The van der Waals surface area contributed by atoms with Gasteiger partial charge in [-0.25, -0.2) is 4.98 Å². The summed E-state index contributed by atoms with van der Waals surface area (Å²) in [6.07, 6.45) is 4.82. The Morgan fingerprint density at radius 3 is 2.94 bits per heavy atom. The first kappa shape index (κ1) is 12.7. The molecule has 2 heterocycles. The van der Waals surface area contributed by atoms with Gasteiger partial charge in [-0.05, 0) is 18.9 Å². The summed E-state index contributed by atoms with van der Waals surface area (Å²) in [5, 5.41) is 0.441. The van der Waals surface area contributed by atoms with Gasteiger partial charge in [0.25, 0.3) is 0 Å². The van der Waals surface area contributed by atoms with Crippen molar-refractivity contribution in [1.82, 2.24) is 14.9 Å². The fraction of sp³-hybridized carbons (Fsp3) is 0.667. The molecule has 1 aliphatic heterocycles. The van der Waals surface area contributed by atoms with E-state index in [0.29, 0.717) is 17.2 Å². The van der Waals surface area contributed by atoms with Gasteiger partial charge < -0.3 is 4.74 Å². The molecule has 1 aromatic rings. The van der Waals surface area contributed by atoms with Gasteiger partial charge in [0.1, 0.15) is 5.15 Å². The molecule has 4 nitrogen and oxygen atoms in total. The Kier molecular flexibility index (Phi) is 4.31. The number of piperidine rings is 1. The van der Waals surface area contributed by atoms with Crippen molar-refractivity contribution in [3.63, 3.8) is 0 Å². The summed E-state index contributed by atoms with van der Waals surface area (Å²) in [5.41, 5.74) is 0.957. The number of ether oxygens (including phenoxy) is 1. The van der Waals surface area contributed by atoms with Crippen molar-refractivity contribution in [2.75, 3.05) is 20.2 Å². The lowest BCUT2D eigenvalue weighted by Gasteiger charge is -2.35. The summed E-state index contributed by atoms with van der Waals surface area (Å²) in [6.45, 7) is 5.11. The van der Waals surface area contributed by atoms with Gasteiger partial charge in [0.15, 0.2) is 0 Å². The van der Waals surface area contributed by atoms with Crippen LogP contribution >= 0.6 is 11.6 Å². The van der Waals surface area contributed by atoms with Gasteiger partial charge in [-0.3, -0.25) is 9.88 Å². The van der Waals surface area contributed by atoms with Gasteiger partial charge >= 0.3 is 0 Å². The number of methoxy groups -OCH3 is 1. The van der Waals surface area contributed by atoms with E-state index < -0.39 is 0 Å². The van der Waals surface area contributed by atoms with E-state index in [9.17, 15) is 0 Å². The van der Waals surface area contributed by atoms with Crippen molar-refractivity contribution in [2.45, 2.75) is 26.0 Å². The molecule has 1 fully saturated rings. The molecule has 2 unspecified atom stereocenters. The number of nitrogens with zero attached hydrogens (tertiary/aromatic N) is 3. The zero-order valence-electron chi connectivity index (χ0n) is 10.3. The lowest BCUT2D eigenvalue weighted by atomic mass is 9.96. The van der Waals surface area contributed by atoms with Crippen LogP contribution in [0.3, 0.4) is 0 Å². The van der Waals surface area contributed by atoms with E-state index in [1.165, 1.54) is 6.42 Å². The average Bonchev–Trinajstić information content (AvgIpc) is 2.34. The Labute approximate surface area is 107 Å². The van der Waals surface area contributed by atoms with Crippen LogP contribution in [-0.4, -0.2) is 41.2 Å². The molecular formula is C12H18ClN3O. The van der Waals surface area contributed by atoms with Crippen molar-refractivity contribution in [1.29, 1.82) is 0 Å². The lowest BCUT2D eigenvalue weighted by molar-refractivity contribution is -0.00781. The molecule has 1 aliphatic rings. The number of hydrogen-bond acceptors (Lipinski definition) is 4. The summed E-state index contributed by atoms with van der Waals surface area (Å²) < 4.78 is 5.49. The largest absolute Gasteiger partial charge is 0.380 e. The van der Waals surface area contributed by atoms with Crippen LogP contribution in [-0.2, 0) is 11.3 Å². The van der Waals surface area contributed by atoms with E-state index in [1.54, 1.807) is 19.5 Å². The minimum absolute atomic E-state index is 0.323. The van der Waals surface area contributed by atoms with Crippen LogP contribution in [0.25, 0.3) is 0 Å². The third-order valence-corrected chi connectivity index (χ3v) is 3.53. The van der Waals surface area contributed by atoms with E-state index in [0.717, 1.165) is 25.3 Å². The van der Waals surface area contributed by atoms with E-state index in [-0.39, 0.29) is 0 Å². The van der Waals surface area contributed by atoms with Crippen molar-refractivity contribution < 1.29 is 4.74 Å². The molecule has 0 saturated carbocycles. The first-order valence-electron chi connectivity index (χ1n) is 5.90. The quantitative estimate of drug-likeness (QED) is 0.828. The highest BCUT2D eigenvalue weighted by molar-refractivity contribution is 6.29. The maximum Gasteiger partial charge on any atom is 0.147 e. The first-order chi connectivity index (χ1) is 8.19. The third kappa shape index (κ3) is 3.37. The van der Waals surface area contributed by atoms with Crippen LogP contribution < -0.4 is 0 Å². The average molecular weight is 256 g/mol. The van der Waals surface area contributed by atoms with Gasteiger partial charge in [-0.1, -0.05) is 18.5 Å². The van der Waals surface area contributed by atoms with Crippen LogP contribution in [0.5, 0.6) is 0 Å². The monoisotopic (exact) mass is 255 g/mol. The second kappa shape index (κ2) is 5.76. The molecule has 0 radical (unpaired) electrons. The number of hydrogen-bond donors (Lipinski definition) is 0. The molecule has 0 aliphatic carbocycles. The van der Waals surface area contributed by atoms with Gasteiger partial charge in [0.05, 0.1) is 24.2 Å². The summed E-state index contributed by atoms with van der Waals surface area (Å²) >= 11 is 5.71. The van der Waals surface area contributed by atoms with Crippen molar-refractivity contribution in [3.8, 4) is 0 Å². The Balaban J connectivity index is 1.93. The molecule has 0 aromatic carbocycles. The second-order valence-corrected chi connectivity index (χ2v) is 4.99. The normalized spacial score (nSPS) is 26.1. The fourth-order valence-corrected chi connectivity index (χ4v) is 2.30. The zero-order chi connectivity index (χ0) is 12.3. The zero-order valence-corrected chi connectivity index (χ0v) is 11.0. The number of rotatable bonds is 3.